The molecule has 114 heavy (non-hydrogen) atoms. The van der Waals surface area contributed by atoms with Gasteiger partial charge in [-0.05, 0) is 107 Å². The van der Waals surface area contributed by atoms with E-state index in [4.69, 9.17) is 37.9 Å². The van der Waals surface area contributed by atoms with Gasteiger partial charge in [-0.1, -0.05) is 6.92 Å². The molecule has 2 unspecified atom stereocenters. The number of nitriles is 3. The lowest BCUT2D eigenvalue weighted by Gasteiger charge is -2.29. The highest BCUT2D eigenvalue weighted by molar-refractivity contribution is 8.00. The van der Waals surface area contributed by atoms with Crippen molar-refractivity contribution in [3.05, 3.63) is 122 Å². The summed E-state index contributed by atoms with van der Waals surface area (Å²) in [5.74, 6) is 2.47. The van der Waals surface area contributed by atoms with Crippen molar-refractivity contribution < 1.29 is 81.0 Å². The number of nitrogens with zero attached hydrogens (tertiary/aromatic N) is 15. The predicted octanol–water partition coefficient (Wildman–Crippen LogP) is 8.58. The summed E-state index contributed by atoms with van der Waals surface area (Å²) < 4.78 is 43.0. The van der Waals surface area contributed by atoms with Crippen molar-refractivity contribution in [2.75, 3.05) is 122 Å². The Kier molecular flexibility index (Phi) is 25.3. The van der Waals surface area contributed by atoms with Crippen LogP contribution in [0.25, 0.3) is 0 Å². The molecule has 0 spiro atoms. The molecule has 37 heteroatoms. The number of nitrogens with one attached hydrogen (secondary N) is 4. The average Bonchev–Trinajstić information content (AvgIpc) is 0.859. The van der Waals surface area contributed by atoms with Gasteiger partial charge < -0.3 is 43.2 Å². The van der Waals surface area contributed by atoms with Crippen LogP contribution < -0.4 is 40.7 Å². The number of thioether (sulfide) groups is 1. The first-order valence-corrected chi connectivity index (χ1v) is 38.2. The molecule has 15 rings (SSSR count). The van der Waals surface area contributed by atoms with Gasteiger partial charge in [0.2, 0.25) is 0 Å². The van der Waals surface area contributed by atoms with Crippen molar-refractivity contribution in [1.29, 1.82) is 15.8 Å². The molecule has 15 heterocycles. The van der Waals surface area contributed by atoms with Gasteiger partial charge in [0.25, 0.3) is 0 Å². The number of rotatable bonds is 19. The summed E-state index contributed by atoms with van der Waals surface area (Å²) in [7, 11) is 1.60. The number of anilines is 7. The van der Waals surface area contributed by atoms with E-state index < -0.39 is 36.4 Å². The van der Waals surface area contributed by atoms with Gasteiger partial charge in [0.15, 0.2) is 18.9 Å². The van der Waals surface area contributed by atoms with Crippen molar-refractivity contribution in [3.63, 3.8) is 0 Å². The Labute approximate surface area is 659 Å². The maximum atomic E-state index is 13.3. The Morgan fingerprint density at radius 3 is 1.37 bits per heavy atom. The van der Waals surface area contributed by atoms with Crippen molar-refractivity contribution in [2.24, 2.45) is 5.92 Å². The molecule has 0 aliphatic carbocycles. The van der Waals surface area contributed by atoms with Crippen LogP contribution in [0.3, 0.4) is 0 Å². The van der Waals surface area contributed by atoms with E-state index in [1.54, 1.807) is 45.7 Å². The van der Waals surface area contributed by atoms with Crippen LogP contribution in [0.2, 0.25) is 0 Å². The first kappa shape index (κ1) is 79.9. The fourth-order valence-corrected chi connectivity index (χ4v) is 15.4. The number of fused-ring (bicyclic) bond motifs is 3. The lowest BCUT2D eigenvalue weighted by Crippen LogP contribution is -2.40. The first-order chi connectivity index (χ1) is 55.2. The zero-order valence-corrected chi connectivity index (χ0v) is 64.0. The molecule has 0 bridgehead atoms. The summed E-state index contributed by atoms with van der Waals surface area (Å²) in [4.78, 5) is 148. The third kappa shape index (κ3) is 18.0. The molecule has 9 aliphatic rings. The van der Waals surface area contributed by atoms with Crippen LogP contribution in [0.5, 0.6) is 5.75 Å². The molecule has 4 N–H and O–H groups in total. The highest BCUT2D eigenvalue weighted by atomic mass is 32.2. The van der Waals surface area contributed by atoms with Crippen LogP contribution in [0.1, 0.15) is 135 Å². The maximum absolute atomic E-state index is 13.3. The number of ether oxygens (including phenoxy) is 8. The van der Waals surface area contributed by atoms with Gasteiger partial charge in [-0.25, -0.2) is 58.7 Å². The second-order valence-electron chi connectivity index (χ2n) is 28.5. The number of urea groups is 3. The van der Waals surface area contributed by atoms with E-state index in [1.165, 1.54) is 39.4 Å². The number of cyclic esters (lactones) is 3. The molecule has 0 aromatic carbocycles. The monoisotopic (exact) mass is 1580 g/mol. The van der Waals surface area contributed by atoms with Crippen LogP contribution in [0.4, 0.5) is 69.4 Å². The van der Waals surface area contributed by atoms with Crippen molar-refractivity contribution in [3.8, 4) is 24.0 Å². The number of methoxy groups -OCH3 is 1. The minimum atomic E-state index is -0.472. The SMILES string of the molecule is CO[C@H]1COCC1Nc1cc(NC(=O)N2CCCc3cc(CN4C(=O)OC[C@@H]4C)c(C=O)nc32)ncc1C#N.C[C@H]1COC(=O)N1Cc1cc2c(nc1C=O)N(C(=O)Nc1cc(S[C@H]3CCOC3)c(C#N)cn1)CCC2.C[C@H]1COCC1Oc1cc(NC(=O)N2CCCc3cc(CN4C(=O)OC[C@@H]4C)c(C=O)nc32)ncc1C#N. The van der Waals surface area contributed by atoms with E-state index in [2.05, 4.69) is 69.4 Å². The third-order valence-corrected chi connectivity index (χ3v) is 22.0. The van der Waals surface area contributed by atoms with E-state index in [-0.39, 0.29) is 101 Å². The summed E-state index contributed by atoms with van der Waals surface area (Å²) in [5.41, 5.74) is 6.28. The van der Waals surface area contributed by atoms with Gasteiger partial charge in [-0.2, -0.15) is 15.8 Å². The van der Waals surface area contributed by atoms with Gasteiger partial charge in [-0.3, -0.25) is 59.7 Å². The Balaban J connectivity index is 0.000000149. The minimum Gasteiger partial charge on any atom is -0.486 e. The van der Waals surface area contributed by atoms with Gasteiger partial charge in [-0.15, -0.1) is 11.8 Å². The zero-order valence-electron chi connectivity index (χ0n) is 63.2. The number of carbonyl (C=O) groups is 9. The van der Waals surface area contributed by atoms with Crippen LogP contribution in [0.15, 0.2) is 59.9 Å². The molecule has 6 aromatic heterocycles. The molecule has 9 aliphatic heterocycles. The first-order valence-electron chi connectivity index (χ1n) is 37.3. The zero-order chi connectivity index (χ0) is 80.3. The summed E-state index contributed by atoms with van der Waals surface area (Å²) in [6.45, 7) is 13.5. The molecule has 6 saturated heterocycles. The van der Waals surface area contributed by atoms with Crippen LogP contribution in [-0.4, -0.2) is 228 Å². The second kappa shape index (κ2) is 36.1. The standard InChI is InChI=1S/C26H29N7O6.C26H28N6O6.C25H26N6O5S/c1-15-12-39-26(36)33(15)10-17-6-16-4-3-5-32(24(16)30-20(17)11-34)25(35)31-23-7-19(18(8-27)9-28-23)29-21-13-38-14-22(21)37-2;1-15-12-36-14-22(15)38-21-7-23(28-9-19(21)8-27)30-25(34)31-5-3-4-17-6-18(20(11-33)29-24(17)31)10-32-16(2)13-37-26(32)35;1-15-13-36-25(34)31(15)11-17-7-16-3-2-5-30(23(16)28-20(17)12-32)24(33)29-22-8-21(18(9-26)10-27-22)37-19-4-6-35-14-19/h6-7,9,11,15,21-22H,3-5,10,12-14H2,1-2H3,(H2,28,29,31,35);6-7,9,11,15-16,22H,3-5,10,12-14H2,1-2H3,(H,28,30,34);7-8,10,12,15,19H,2-6,11,13-14H2,1H3,(H,27,29,33)/t15-,21?,22-;15-,16-,22?;15-,19-/m000/s1. The molecule has 8 atom stereocenters. The molecular weight excluding hydrogens is 1500 g/mol. The van der Waals surface area contributed by atoms with Crippen molar-refractivity contribution in [2.45, 2.75) is 139 Å². The fraction of sp³-hybridized carbons (Fsp3) is 0.455. The van der Waals surface area contributed by atoms with Crippen LogP contribution in [0, 0.1) is 39.9 Å². The number of carbonyl (C=O) groups excluding carboxylic acids is 9. The summed E-state index contributed by atoms with van der Waals surface area (Å²) in [6, 6.07) is 14.8. The number of amides is 9. The number of pyridine rings is 6. The summed E-state index contributed by atoms with van der Waals surface area (Å²) >= 11 is 1.55. The molecule has 6 fully saturated rings. The Morgan fingerprint density at radius 1 is 0.535 bits per heavy atom. The molecule has 0 saturated carbocycles. The number of aromatic nitrogens is 6. The quantitative estimate of drug-likeness (QED) is 0.0435. The normalized spacial score (nSPS) is 21.8. The van der Waals surface area contributed by atoms with E-state index in [9.17, 15) is 58.9 Å². The van der Waals surface area contributed by atoms with Gasteiger partial charge >= 0.3 is 36.4 Å². The second-order valence-corrected chi connectivity index (χ2v) is 29.9. The lowest BCUT2D eigenvalue weighted by molar-refractivity contribution is 0.0795. The topological polar surface area (TPSA) is 444 Å². The average molecular weight is 1580 g/mol. The van der Waals surface area contributed by atoms with Gasteiger partial charge in [0.05, 0.1) is 99.8 Å². The Hall–Kier alpha value is -12.2. The number of aldehydes is 3. The van der Waals surface area contributed by atoms with E-state index >= 15 is 0 Å². The molecular formula is C77H83N19O17S. The van der Waals surface area contributed by atoms with Crippen LogP contribution >= 0.6 is 11.8 Å². The van der Waals surface area contributed by atoms with E-state index in [1.807, 2.05) is 45.9 Å². The number of hydrogen-bond acceptors (Lipinski definition) is 28. The van der Waals surface area contributed by atoms with E-state index in [0.29, 0.717) is 199 Å². The Morgan fingerprint density at radius 2 is 0.965 bits per heavy atom. The van der Waals surface area contributed by atoms with Gasteiger partial charge in [0.1, 0.15) is 114 Å². The molecule has 6 aromatic rings. The third-order valence-electron chi connectivity index (χ3n) is 20.7. The van der Waals surface area contributed by atoms with Gasteiger partial charge in [0, 0.05) is 90.6 Å². The summed E-state index contributed by atoms with van der Waals surface area (Å²) in [6.07, 6.45) is 9.49. The minimum absolute atomic E-state index is 0.102. The fourth-order valence-electron chi connectivity index (χ4n) is 14.3. The highest BCUT2D eigenvalue weighted by Gasteiger charge is 2.38. The van der Waals surface area contributed by atoms with E-state index in [0.717, 1.165) is 28.0 Å². The molecule has 36 nitrogen and oxygen atoms in total. The summed E-state index contributed by atoms with van der Waals surface area (Å²) in [5, 5.41) is 40.4. The molecule has 0 radical (unpaired) electrons. The largest absolute Gasteiger partial charge is 0.486 e. The smallest absolute Gasteiger partial charge is 0.410 e. The van der Waals surface area contributed by atoms with Crippen molar-refractivity contribution >= 4 is 108 Å². The van der Waals surface area contributed by atoms with Crippen molar-refractivity contribution in [1.82, 2.24) is 44.6 Å². The lowest BCUT2D eigenvalue weighted by atomic mass is 10.0. The predicted molar refractivity (Wildman–Crippen MR) is 407 cm³/mol. The molecule has 594 valence electrons. The van der Waals surface area contributed by atoms with Crippen LogP contribution in [-0.2, 0) is 72.1 Å². The highest BCUT2D eigenvalue weighted by Crippen LogP contribution is 2.37. The number of hydrogen-bond donors (Lipinski definition) is 4. The molecule has 9 amide bonds. The number of aryl methyl sites for hydroxylation is 3. The Bertz CT molecular complexity index is 4860. The maximum Gasteiger partial charge on any atom is 0.410 e.